The van der Waals surface area contributed by atoms with Gasteiger partial charge in [-0.1, -0.05) is 50.2 Å². The van der Waals surface area contributed by atoms with Crippen molar-refractivity contribution in [3.63, 3.8) is 0 Å². The van der Waals surface area contributed by atoms with Crippen molar-refractivity contribution < 1.29 is 18.7 Å². The van der Waals surface area contributed by atoms with Crippen LogP contribution in [0.2, 0.25) is 0 Å². The Morgan fingerprint density at radius 3 is 2.45 bits per heavy atom. The van der Waals surface area contributed by atoms with E-state index in [1.165, 1.54) is 17.0 Å². The van der Waals surface area contributed by atoms with Crippen LogP contribution < -0.4 is 10.1 Å². The van der Waals surface area contributed by atoms with Crippen molar-refractivity contribution in [1.82, 2.24) is 10.2 Å². The summed E-state index contributed by atoms with van der Waals surface area (Å²) in [5.74, 6) is -1.07. The molecule has 2 aromatic carbocycles. The number of rotatable bonds is 10. The third-order valence-electron chi connectivity index (χ3n) is 4.72. The predicted octanol–water partition coefficient (Wildman–Crippen LogP) is 3.85. The first-order valence-electron chi connectivity index (χ1n) is 9.96. The molecular formula is C23H29FN2O3. The Balaban J connectivity index is 2.22. The first-order valence-corrected chi connectivity index (χ1v) is 9.96. The summed E-state index contributed by atoms with van der Waals surface area (Å²) < 4.78 is 19.2. The van der Waals surface area contributed by atoms with Gasteiger partial charge in [-0.3, -0.25) is 9.59 Å². The van der Waals surface area contributed by atoms with Gasteiger partial charge in [0.25, 0.3) is 5.91 Å². The molecule has 1 atom stereocenters. The molecule has 0 aliphatic rings. The summed E-state index contributed by atoms with van der Waals surface area (Å²) >= 11 is 0. The maximum atomic E-state index is 13.8. The molecule has 0 heterocycles. The molecule has 0 fully saturated rings. The summed E-state index contributed by atoms with van der Waals surface area (Å²) in [6, 6.07) is 13.0. The lowest BCUT2D eigenvalue weighted by Gasteiger charge is -2.31. The highest BCUT2D eigenvalue weighted by molar-refractivity contribution is 5.88. The molecule has 6 heteroatoms. The number of benzene rings is 2. The van der Waals surface area contributed by atoms with Gasteiger partial charge in [0.1, 0.15) is 6.04 Å². The van der Waals surface area contributed by atoms with Gasteiger partial charge in [0.2, 0.25) is 5.91 Å². The van der Waals surface area contributed by atoms with Crippen LogP contribution in [0.3, 0.4) is 0 Å². The lowest BCUT2D eigenvalue weighted by molar-refractivity contribution is -0.143. The van der Waals surface area contributed by atoms with Gasteiger partial charge in [-0.2, -0.15) is 0 Å². The van der Waals surface area contributed by atoms with Crippen LogP contribution in [0.4, 0.5) is 4.39 Å². The van der Waals surface area contributed by atoms with E-state index >= 15 is 0 Å². The Bertz CT molecular complexity index is 825. The third kappa shape index (κ3) is 6.31. The molecule has 0 unspecified atom stereocenters. The zero-order chi connectivity index (χ0) is 21.2. The molecule has 0 radical (unpaired) electrons. The molecule has 0 saturated carbocycles. The first-order chi connectivity index (χ1) is 14.0. The molecule has 0 aliphatic heterocycles. The summed E-state index contributed by atoms with van der Waals surface area (Å²) in [5, 5.41) is 2.87. The Labute approximate surface area is 171 Å². The first kappa shape index (κ1) is 22.4. The van der Waals surface area contributed by atoms with Crippen molar-refractivity contribution in [1.29, 1.82) is 0 Å². The molecule has 0 aromatic heterocycles. The lowest BCUT2D eigenvalue weighted by atomic mass is 10.1. The van der Waals surface area contributed by atoms with E-state index in [2.05, 4.69) is 5.32 Å². The molecule has 0 bridgehead atoms. The number of hydrogen-bond donors (Lipinski definition) is 1. The fraction of sp³-hybridized carbons (Fsp3) is 0.391. The van der Waals surface area contributed by atoms with E-state index in [-0.39, 0.29) is 30.7 Å². The Morgan fingerprint density at radius 1 is 1.10 bits per heavy atom. The van der Waals surface area contributed by atoms with Crippen molar-refractivity contribution in [2.24, 2.45) is 0 Å². The van der Waals surface area contributed by atoms with Crippen LogP contribution in [0.5, 0.6) is 5.75 Å². The maximum absolute atomic E-state index is 13.8. The molecule has 5 nitrogen and oxygen atoms in total. The number of aryl methyl sites for hydroxylation is 1. The monoisotopic (exact) mass is 400 g/mol. The minimum Gasteiger partial charge on any atom is -0.481 e. The molecule has 2 aromatic rings. The number of nitrogens with zero attached hydrogens (tertiary/aromatic N) is 1. The van der Waals surface area contributed by atoms with Gasteiger partial charge in [-0.25, -0.2) is 4.39 Å². The number of ether oxygens (including phenoxy) is 1. The van der Waals surface area contributed by atoms with E-state index < -0.39 is 11.9 Å². The summed E-state index contributed by atoms with van der Waals surface area (Å²) in [5.41, 5.74) is 1.98. The molecule has 0 saturated heterocycles. The van der Waals surface area contributed by atoms with E-state index in [0.29, 0.717) is 13.0 Å². The van der Waals surface area contributed by atoms with Crippen LogP contribution in [0.1, 0.15) is 37.8 Å². The molecule has 2 rings (SSSR count). The van der Waals surface area contributed by atoms with Gasteiger partial charge in [0.15, 0.2) is 18.2 Å². The summed E-state index contributed by atoms with van der Waals surface area (Å²) in [6.45, 7) is 6.29. The zero-order valence-electron chi connectivity index (χ0n) is 17.3. The van der Waals surface area contributed by atoms with E-state index in [4.69, 9.17) is 4.74 Å². The van der Waals surface area contributed by atoms with Crippen LogP contribution in [-0.2, 0) is 16.1 Å². The fourth-order valence-corrected chi connectivity index (χ4v) is 3.04. The summed E-state index contributed by atoms with van der Waals surface area (Å²) in [6.07, 6.45) is 1.27. The Morgan fingerprint density at radius 2 is 1.79 bits per heavy atom. The number of nitrogens with one attached hydrogen (secondary N) is 1. The van der Waals surface area contributed by atoms with Gasteiger partial charge in [0.05, 0.1) is 0 Å². The fourth-order valence-electron chi connectivity index (χ4n) is 3.04. The van der Waals surface area contributed by atoms with E-state index in [1.807, 2.05) is 45.0 Å². The van der Waals surface area contributed by atoms with Gasteiger partial charge in [0, 0.05) is 13.1 Å². The highest BCUT2D eigenvalue weighted by Crippen LogP contribution is 2.18. The highest BCUT2D eigenvalue weighted by Gasteiger charge is 2.29. The van der Waals surface area contributed by atoms with Crippen LogP contribution in [0.15, 0.2) is 48.5 Å². The topological polar surface area (TPSA) is 58.6 Å². The van der Waals surface area contributed by atoms with Crippen LogP contribution >= 0.6 is 0 Å². The largest absolute Gasteiger partial charge is 0.481 e. The molecule has 29 heavy (non-hydrogen) atoms. The standard InChI is InChI=1S/C23H29FN2O3/c1-4-14-25-23(28)20(5-2)26(15-18-11-7-6-10-17(18)3)22(27)16-29-21-13-9-8-12-19(21)24/h6-13,20H,4-5,14-16H2,1-3H3,(H,25,28)/t20-/m1/s1. The number of halogens is 1. The minimum atomic E-state index is -0.627. The summed E-state index contributed by atoms with van der Waals surface area (Å²) in [4.78, 5) is 27.2. The lowest BCUT2D eigenvalue weighted by Crippen LogP contribution is -2.50. The highest BCUT2D eigenvalue weighted by atomic mass is 19.1. The quantitative estimate of drug-likeness (QED) is 0.659. The van der Waals surface area contributed by atoms with Gasteiger partial charge in [-0.15, -0.1) is 0 Å². The molecule has 0 aliphatic carbocycles. The van der Waals surface area contributed by atoms with E-state index in [0.717, 1.165) is 17.5 Å². The second-order valence-corrected chi connectivity index (χ2v) is 6.88. The number of para-hydroxylation sites is 1. The molecular weight excluding hydrogens is 371 g/mol. The average molecular weight is 400 g/mol. The van der Waals surface area contributed by atoms with Crippen molar-refractivity contribution in [3.05, 3.63) is 65.5 Å². The molecule has 2 amide bonds. The normalized spacial score (nSPS) is 11.6. The molecule has 0 spiro atoms. The van der Waals surface area contributed by atoms with Gasteiger partial charge < -0.3 is 15.0 Å². The van der Waals surface area contributed by atoms with E-state index in [9.17, 15) is 14.0 Å². The number of carbonyl (C=O) groups is 2. The second-order valence-electron chi connectivity index (χ2n) is 6.88. The number of amides is 2. The number of carbonyl (C=O) groups excluding carboxylic acids is 2. The van der Waals surface area contributed by atoms with Gasteiger partial charge >= 0.3 is 0 Å². The second kappa shape index (κ2) is 11.2. The maximum Gasteiger partial charge on any atom is 0.261 e. The third-order valence-corrected chi connectivity index (χ3v) is 4.72. The zero-order valence-corrected chi connectivity index (χ0v) is 17.3. The van der Waals surface area contributed by atoms with Crippen molar-refractivity contribution in [2.45, 2.75) is 46.2 Å². The van der Waals surface area contributed by atoms with Crippen LogP contribution in [-0.4, -0.2) is 35.9 Å². The van der Waals surface area contributed by atoms with Crippen LogP contribution in [0, 0.1) is 12.7 Å². The number of hydrogen-bond acceptors (Lipinski definition) is 3. The van der Waals surface area contributed by atoms with Crippen molar-refractivity contribution in [3.8, 4) is 5.75 Å². The average Bonchev–Trinajstić information content (AvgIpc) is 2.72. The Hall–Kier alpha value is -2.89. The van der Waals surface area contributed by atoms with Crippen molar-refractivity contribution in [2.75, 3.05) is 13.2 Å². The van der Waals surface area contributed by atoms with Crippen LogP contribution in [0.25, 0.3) is 0 Å². The van der Waals surface area contributed by atoms with Gasteiger partial charge in [-0.05, 0) is 43.0 Å². The minimum absolute atomic E-state index is 0.0141. The van der Waals surface area contributed by atoms with Crippen molar-refractivity contribution >= 4 is 11.8 Å². The molecule has 1 N–H and O–H groups in total. The molecule has 156 valence electrons. The van der Waals surface area contributed by atoms with E-state index in [1.54, 1.807) is 12.1 Å². The summed E-state index contributed by atoms with van der Waals surface area (Å²) in [7, 11) is 0. The predicted molar refractivity (Wildman–Crippen MR) is 111 cm³/mol. The smallest absolute Gasteiger partial charge is 0.261 e. The SMILES string of the molecule is CCCNC(=O)[C@@H](CC)N(Cc1ccccc1C)C(=O)COc1ccccc1F. The Kier molecular flexibility index (Phi) is 8.65.